The average Bonchev–Trinajstić information content (AvgIpc) is 3.41. The first-order valence-electron chi connectivity index (χ1n) is 13.3. The molecule has 210 valence electrons. The van der Waals surface area contributed by atoms with Crippen molar-refractivity contribution >= 4 is 17.9 Å². The van der Waals surface area contributed by atoms with Gasteiger partial charge in [0, 0.05) is 11.6 Å². The van der Waals surface area contributed by atoms with E-state index in [1.165, 1.54) is 0 Å². The molecule has 0 aliphatic carbocycles. The van der Waals surface area contributed by atoms with Crippen molar-refractivity contribution in [2.45, 2.75) is 63.9 Å². The van der Waals surface area contributed by atoms with Crippen molar-refractivity contribution in [1.29, 1.82) is 0 Å². The van der Waals surface area contributed by atoms with Crippen LogP contribution in [0.3, 0.4) is 0 Å². The van der Waals surface area contributed by atoms with E-state index in [4.69, 9.17) is 23.7 Å². The molecule has 1 saturated heterocycles. The third-order valence-corrected chi connectivity index (χ3v) is 6.12. The van der Waals surface area contributed by atoms with Crippen molar-refractivity contribution in [3.63, 3.8) is 0 Å². The minimum atomic E-state index is -1.43. The van der Waals surface area contributed by atoms with Crippen molar-refractivity contribution in [2.75, 3.05) is 19.8 Å². The second-order valence-corrected chi connectivity index (χ2v) is 9.09. The first kappa shape index (κ1) is 29.9. The number of benzene rings is 2. The minimum absolute atomic E-state index is 0.210. The van der Waals surface area contributed by atoms with E-state index in [1.54, 1.807) is 12.1 Å². The SMILES string of the molecule is C=CC(=O)OCCCCCCOc1ccc(-c2ccc(C3O[C@@H](C(=O)O)[C@H](C(=O)OCCCC)O3)cc2)cc1. The molecule has 1 aliphatic rings. The van der Waals surface area contributed by atoms with Crippen LogP contribution in [0.25, 0.3) is 11.1 Å². The van der Waals surface area contributed by atoms with Gasteiger partial charge in [0.2, 0.25) is 0 Å². The molecule has 0 aromatic heterocycles. The molecule has 0 spiro atoms. The number of hydrogen-bond donors (Lipinski definition) is 1. The summed E-state index contributed by atoms with van der Waals surface area (Å²) >= 11 is 0. The normalized spacial score (nSPS) is 18.3. The lowest BCUT2D eigenvalue weighted by atomic mass is 10.0. The van der Waals surface area contributed by atoms with Gasteiger partial charge in [-0.05, 0) is 55.4 Å². The first-order valence-corrected chi connectivity index (χ1v) is 13.3. The van der Waals surface area contributed by atoms with Crippen LogP contribution >= 0.6 is 0 Å². The van der Waals surface area contributed by atoms with Gasteiger partial charge in [-0.3, -0.25) is 0 Å². The molecule has 0 saturated carbocycles. The number of rotatable bonds is 16. The maximum absolute atomic E-state index is 12.3. The Hall–Kier alpha value is -3.69. The summed E-state index contributed by atoms with van der Waals surface area (Å²) in [6.07, 6.45) is 2.63. The van der Waals surface area contributed by atoms with Gasteiger partial charge in [0.1, 0.15) is 5.75 Å². The third kappa shape index (κ3) is 9.23. The zero-order valence-corrected chi connectivity index (χ0v) is 22.2. The van der Waals surface area contributed by atoms with Crippen LogP contribution in [0.15, 0.2) is 61.2 Å². The van der Waals surface area contributed by atoms with Crippen LogP contribution in [-0.2, 0) is 33.3 Å². The molecule has 1 heterocycles. The molecule has 9 heteroatoms. The summed E-state index contributed by atoms with van der Waals surface area (Å²) in [5.41, 5.74) is 2.54. The Morgan fingerprint density at radius 1 is 0.821 bits per heavy atom. The van der Waals surface area contributed by atoms with E-state index in [1.807, 2.05) is 43.3 Å². The number of carboxylic acid groups (broad SMARTS) is 1. The highest BCUT2D eigenvalue weighted by molar-refractivity contribution is 5.85. The van der Waals surface area contributed by atoms with E-state index in [2.05, 4.69) is 6.58 Å². The summed E-state index contributed by atoms with van der Waals surface area (Å²) in [6, 6.07) is 15.1. The van der Waals surface area contributed by atoms with Crippen molar-refractivity contribution in [1.82, 2.24) is 0 Å². The Kier molecular flexibility index (Phi) is 12.0. The van der Waals surface area contributed by atoms with E-state index in [0.717, 1.165) is 55.1 Å². The molecule has 1 aliphatic heterocycles. The molecular formula is C30H36O9. The summed E-state index contributed by atoms with van der Waals surface area (Å²) in [7, 11) is 0. The van der Waals surface area contributed by atoms with Gasteiger partial charge in [0.15, 0.2) is 18.5 Å². The molecule has 1 unspecified atom stereocenters. The number of carbonyl (C=O) groups excluding carboxylic acids is 2. The van der Waals surface area contributed by atoms with E-state index in [0.29, 0.717) is 25.2 Å². The third-order valence-electron chi connectivity index (χ3n) is 6.12. The molecule has 0 radical (unpaired) electrons. The van der Waals surface area contributed by atoms with Gasteiger partial charge in [-0.15, -0.1) is 0 Å². The van der Waals surface area contributed by atoms with Crippen LogP contribution in [0.2, 0.25) is 0 Å². The number of carboxylic acids is 1. The van der Waals surface area contributed by atoms with E-state index >= 15 is 0 Å². The van der Waals surface area contributed by atoms with Gasteiger partial charge in [-0.2, -0.15) is 0 Å². The molecule has 1 fully saturated rings. The summed E-state index contributed by atoms with van der Waals surface area (Å²) in [6.45, 7) is 6.55. The quantitative estimate of drug-likeness (QED) is 0.173. The molecular weight excluding hydrogens is 504 g/mol. The van der Waals surface area contributed by atoms with Gasteiger partial charge in [-0.25, -0.2) is 14.4 Å². The largest absolute Gasteiger partial charge is 0.494 e. The molecule has 9 nitrogen and oxygen atoms in total. The van der Waals surface area contributed by atoms with Gasteiger partial charge in [0.05, 0.1) is 19.8 Å². The molecule has 2 aromatic carbocycles. The summed E-state index contributed by atoms with van der Waals surface area (Å²) < 4.78 is 27.1. The number of unbranched alkanes of at least 4 members (excludes halogenated alkanes) is 4. The predicted molar refractivity (Wildman–Crippen MR) is 143 cm³/mol. The fraction of sp³-hybridized carbons (Fsp3) is 0.433. The van der Waals surface area contributed by atoms with Crippen LogP contribution in [0.5, 0.6) is 5.75 Å². The first-order chi connectivity index (χ1) is 18.9. The standard InChI is InChI=1S/C30H36O9/c1-3-5-18-37-29(34)27-26(28(32)33)38-30(39-27)23-12-10-21(11-13-23)22-14-16-24(17-15-22)35-19-8-6-7-9-20-36-25(31)4-2/h4,10-17,26-27,30H,2-3,5-9,18-20H2,1H3,(H,32,33)/t26-,27-,30?/m1/s1. The van der Waals surface area contributed by atoms with E-state index in [9.17, 15) is 19.5 Å². The second kappa shape index (κ2) is 15.7. The number of hydrogen-bond acceptors (Lipinski definition) is 8. The zero-order valence-electron chi connectivity index (χ0n) is 22.2. The molecule has 1 N–H and O–H groups in total. The van der Waals surface area contributed by atoms with Crippen LogP contribution in [0, 0.1) is 0 Å². The molecule has 0 bridgehead atoms. The Labute approximate surface area is 228 Å². The Morgan fingerprint density at radius 3 is 2.03 bits per heavy atom. The van der Waals surface area contributed by atoms with Crippen molar-refractivity contribution in [2.24, 2.45) is 0 Å². The molecule has 0 amide bonds. The number of esters is 2. The number of carbonyl (C=O) groups is 3. The Morgan fingerprint density at radius 2 is 1.41 bits per heavy atom. The van der Waals surface area contributed by atoms with Crippen LogP contribution in [0.1, 0.15) is 57.3 Å². The van der Waals surface area contributed by atoms with Gasteiger partial charge in [0.25, 0.3) is 0 Å². The number of ether oxygens (including phenoxy) is 5. The lowest BCUT2D eigenvalue weighted by Gasteiger charge is -2.12. The number of aliphatic carboxylic acids is 1. The predicted octanol–water partition coefficient (Wildman–Crippen LogP) is 5.23. The lowest BCUT2D eigenvalue weighted by molar-refractivity contribution is -0.161. The molecule has 39 heavy (non-hydrogen) atoms. The van der Waals surface area contributed by atoms with Gasteiger partial charge in [-0.1, -0.05) is 56.3 Å². The van der Waals surface area contributed by atoms with E-state index in [-0.39, 0.29) is 6.61 Å². The second-order valence-electron chi connectivity index (χ2n) is 9.09. The fourth-order valence-corrected chi connectivity index (χ4v) is 3.92. The van der Waals surface area contributed by atoms with Crippen molar-refractivity contribution in [3.8, 4) is 16.9 Å². The maximum atomic E-state index is 12.3. The summed E-state index contributed by atoms with van der Waals surface area (Å²) in [5, 5.41) is 9.48. The van der Waals surface area contributed by atoms with Gasteiger partial charge < -0.3 is 28.8 Å². The van der Waals surface area contributed by atoms with Crippen LogP contribution in [-0.4, -0.2) is 55.0 Å². The Bertz CT molecular complexity index is 1080. The summed E-state index contributed by atoms with van der Waals surface area (Å²) in [5.74, 6) is -1.62. The monoisotopic (exact) mass is 540 g/mol. The highest BCUT2D eigenvalue weighted by Gasteiger charge is 2.46. The van der Waals surface area contributed by atoms with Crippen LogP contribution < -0.4 is 4.74 Å². The van der Waals surface area contributed by atoms with Crippen LogP contribution in [0.4, 0.5) is 0 Å². The zero-order chi connectivity index (χ0) is 28.0. The topological polar surface area (TPSA) is 118 Å². The smallest absolute Gasteiger partial charge is 0.338 e. The van der Waals surface area contributed by atoms with E-state index < -0.39 is 36.4 Å². The molecule has 3 atom stereocenters. The fourth-order valence-electron chi connectivity index (χ4n) is 3.92. The van der Waals surface area contributed by atoms with Crippen molar-refractivity contribution in [3.05, 3.63) is 66.7 Å². The Balaban J connectivity index is 1.46. The van der Waals surface area contributed by atoms with Gasteiger partial charge >= 0.3 is 17.9 Å². The highest BCUT2D eigenvalue weighted by atomic mass is 16.7. The minimum Gasteiger partial charge on any atom is -0.494 e. The maximum Gasteiger partial charge on any atom is 0.338 e. The lowest BCUT2D eigenvalue weighted by Crippen LogP contribution is -2.38. The highest BCUT2D eigenvalue weighted by Crippen LogP contribution is 2.33. The molecule has 2 aromatic rings. The van der Waals surface area contributed by atoms with Crippen molar-refractivity contribution < 1.29 is 43.2 Å². The average molecular weight is 541 g/mol. The summed E-state index contributed by atoms with van der Waals surface area (Å²) in [4.78, 5) is 34.9. The molecule has 3 rings (SSSR count).